The highest BCUT2D eigenvalue weighted by atomic mass is 32.2. The summed E-state index contributed by atoms with van der Waals surface area (Å²) in [5.41, 5.74) is 0.523. The van der Waals surface area contributed by atoms with Gasteiger partial charge in [-0.1, -0.05) is 12.1 Å². The molecule has 0 unspecified atom stereocenters. The second-order valence-corrected chi connectivity index (χ2v) is 5.64. The van der Waals surface area contributed by atoms with Gasteiger partial charge in [-0.25, -0.2) is 8.42 Å². The van der Waals surface area contributed by atoms with Gasteiger partial charge in [0, 0.05) is 17.3 Å². The van der Waals surface area contributed by atoms with Gasteiger partial charge in [-0.2, -0.15) is 0 Å². The fourth-order valence-electron chi connectivity index (χ4n) is 1.53. The Hall–Kier alpha value is -2.81. The maximum absolute atomic E-state index is 12.1. The molecule has 0 bridgehead atoms. The van der Waals surface area contributed by atoms with Gasteiger partial charge in [-0.05, 0) is 28.1 Å². The van der Waals surface area contributed by atoms with Gasteiger partial charge in [-0.15, -0.1) is 0 Å². The number of benzene rings is 1. The van der Waals surface area contributed by atoms with E-state index in [1.807, 2.05) is 0 Å². The van der Waals surface area contributed by atoms with E-state index in [2.05, 4.69) is 9.71 Å². The molecule has 0 saturated heterocycles. The molecule has 0 amide bonds. The molecule has 1 aromatic carbocycles. The van der Waals surface area contributed by atoms with Gasteiger partial charge in [0.2, 0.25) is 0 Å². The Morgan fingerprint density at radius 2 is 2.00 bits per heavy atom. The highest BCUT2D eigenvalue weighted by molar-refractivity contribution is 7.92. The smallest absolute Gasteiger partial charge is 0.358 e. The molecule has 1 aromatic heterocycles. The number of nitro groups is 1. The minimum absolute atomic E-state index is 0.206. The molecule has 1 N–H and O–H groups in total. The Bertz CT molecular complexity index is 787. The summed E-state index contributed by atoms with van der Waals surface area (Å²) in [7, 11) is -3.93. The molecule has 21 heavy (non-hydrogen) atoms. The lowest BCUT2D eigenvalue weighted by molar-refractivity contribution is -0.389. The van der Waals surface area contributed by atoms with Crippen molar-refractivity contribution in [3.8, 4) is 0 Å². The van der Waals surface area contributed by atoms with Gasteiger partial charge in [0.15, 0.2) is 6.20 Å². The van der Waals surface area contributed by atoms with Crippen LogP contribution in [0, 0.1) is 10.1 Å². The number of pyridine rings is 1. The monoisotopic (exact) mass is 307 g/mol. The van der Waals surface area contributed by atoms with E-state index in [1.165, 1.54) is 24.3 Å². The summed E-state index contributed by atoms with van der Waals surface area (Å²) < 4.78 is 26.4. The van der Waals surface area contributed by atoms with Crippen LogP contribution in [0.3, 0.4) is 0 Å². The second kappa shape index (κ2) is 5.67. The lowest BCUT2D eigenvalue weighted by Crippen LogP contribution is -2.13. The van der Waals surface area contributed by atoms with Gasteiger partial charge < -0.3 is 10.1 Å². The molecule has 0 aliphatic carbocycles. The Morgan fingerprint density at radius 3 is 2.57 bits per heavy atom. The number of sulfonamides is 1. The Kier molecular flexibility index (Phi) is 3.94. The van der Waals surface area contributed by atoms with E-state index in [9.17, 15) is 23.3 Å². The minimum atomic E-state index is -3.93. The van der Waals surface area contributed by atoms with Crippen LogP contribution in [0.15, 0.2) is 47.5 Å². The molecule has 0 fully saturated rings. The highest BCUT2D eigenvalue weighted by Crippen LogP contribution is 2.17. The van der Waals surface area contributed by atoms with E-state index in [0.29, 0.717) is 11.8 Å². The highest BCUT2D eigenvalue weighted by Gasteiger charge is 2.18. The molecule has 9 heteroatoms. The van der Waals surface area contributed by atoms with Gasteiger partial charge in [0.1, 0.15) is 11.2 Å². The topological polar surface area (TPSA) is 119 Å². The number of nitrogens with one attached hydrogen (secondary N) is 1. The molecule has 2 aromatic rings. The predicted molar refractivity (Wildman–Crippen MR) is 73.5 cm³/mol. The van der Waals surface area contributed by atoms with Gasteiger partial charge >= 0.3 is 5.82 Å². The number of hydrogen-bond donors (Lipinski definition) is 1. The number of aldehydes is 1. The zero-order chi connectivity index (χ0) is 15.5. The van der Waals surface area contributed by atoms with Crippen molar-refractivity contribution < 1.29 is 18.1 Å². The van der Waals surface area contributed by atoms with Crippen molar-refractivity contribution in [2.75, 3.05) is 4.72 Å². The number of carbonyl (C=O) groups excluding carboxylic acids is 1. The first-order valence-electron chi connectivity index (χ1n) is 5.61. The summed E-state index contributed by atoms with van der Waals surface area (Å²) in [5.74, 6) is -0.447. The first-order valence-corrected chi connectivity index (χ1v) is 7.09. The van der Waals surface area contributed by atoms with E-state index in [1.54, 1.807) is 0 Å². The van der Waals surface area contributed by atoms with Crippen LogP contribution < -0.4 is 4.72 Å². The van der Waals surface area contributed by atoms with Crippen molar-refractivity contribution in [3.05, 3.63) is 58.3 Å². The molecule has 0 atom stereocenters. The zero-order valence-corrected chi connectivity index (χ0v) is 11.3. The maximum Gasteiger partial charge on any atom is 0.363 e. The summed E-state index contributed by atoms with van der Waals surface area (Å²) in [6.07, 6.45) is 1.48. The number of carbonyl (C=O) groups is 1. The fourth-order valence-corrected chi connectivity index (χ4v) is 2.52. The third-order valence-electron chi connectivity index (χ3n) is 2.49. The van der Waals surface area contributed by atoms with Crippen molar-refractivity contribution in [1.29, 1.82) is 0 Å². The summed E-state index contributed by atoms with van der Waals surface area (Å²) in [4.78, 5) is 23.6. The van der Waals surface area contributed by atoms with Crippen LogP contribution in [0.2, 0.25) is 0 Å². The van der Waals surface area contributed by atoms with E-state index < -0.39 is 20.8 Å². The Balaban J connectivity index is 2.29. The largest absolute Gasteiger partial charge is 0.363 e. The number of rotatable bonds is 5. The van der Waals surface area contributed by atoms with Crippen LogP contribution >= 0.6 is 0 Å². The quantitative estimate of drug-likeness (QED) is 0.509. The van der Waals surface area contributed by atoms with E-state index >= 15 is 0 Å². The molecule has 0 radical (unpaired) electrons. The SMILES string of the molecule is O=Cc1cccc(NS(=O)(=O)c2ccc([N+](=O)[O-])nc2)c1. The van der Waals surface area contributed by atoms with E-state index in [0.717, 1.165) is 18.3 Å². The van der Waals surface area contributed by atoms with Crippen molar-refractivity contribution in [2.24, 2.45) is 0 Å². The van der Waals surface area contributed by atoms with Gasteiger partial charge in [-0.3, -0.25) is 9.52 Å². The van der Waals surface area contributed by atoms with E-state index in [-0.39, 0.29) is 10.6 Å². The van der Waals surface area contributed by atoms with Crippen LogP contribution in [0.25, 0.3) is 0 Å². The minimum Gasteiger partial charge on any atom is -0.358 e. The van der Waals surface area contributed by atoms with Crippen LogP contribution in [-0.2, 0) is 10.0 Å². The number of aromatic nitrogens is 1. The Morgan fingerprint density at radius 1 is 1.24 bits per heavy atom. The summed E-state index contributed by atoms with van der Waals surface area (Å²) in [6, 6.07) is 7.97. The van der Waals surface area contributed by atoms with Crippen molar-refractivity contribution in [2.45, 2.75) is 4.90 Å². The van der Waals surface area contributed by atoms with Crippen molar-refractivity contribution >= 4 is 27.8 Å². The third kappa shape index (κ3) is 3.39. The lowest BCUT2D eigenvalue weighted by atomic mass is 10.2. The average Bonchev–Trinajstić information content (AvgIpc) is 2.47. The predicted octanol–water partition coefficient (Wildman–Crippen LogP) is 1.60. The number of anilines is 1. The van der Waals surface area contributed by atoms with Crippen LogP contribution in [0.5, 0.6) is 0 Å². The van der Waals surface area contributed by atoms with Crippen LogP contribution in [0.1, 0.15) is 10.4 Å². The number of nitrogens with zero attached hydrogens (tertiary/aromatic N) is 2. The first kappa shape index (κ1) is 14.6. The molecule has 2 rings (SSSR count). The van der Waals surface area contributed by atoms with Crippen molar-refractivity contribution in [3.63, 3.8) is 0 Å². The molecule has 8 nitrogen and oxygen atoms in total. The standard InChI is InChI=1S/C12H9N3O5S/c16-8-9-2-1-3-10(6-9)14-21(19,20)11-4-5-12(13-7-11)15(17)18/h1-8,14H. The second-order valence-electron chi connectivity index (χ2n) is 3.96. The molecule has 1 heterocycles. The normalized spacial score (nSPS) is 10.9. The summed E-state index contributed by atoms with van der Waals surface area (Å²) in [6.45, 7) is 0. The number of hydrogen-bond acceptors (Lipinski definition) is 6. The molecule has 0 aliphatic rings. The maximum atomic E-state index is 12.1. The molecule has 108 valence electrons. The van der Waals surface area contributed by atoms with Crippen LogP contribution in [-0.4, -0.2) is 24.6 Å². The Labute approximate surface area is 119 Å². The molecular formula is C12H9N3O5S. The molecule has 0 spiro atoms. The first-order chi connectivity index (χ1) is 9.92. The zero-order valence-electron chi connectivity index (χ0n) is 10.5. The van der Waals surface area contributed by atoms with E-state index in [4.69, 9.17) is 0 Å². The lowest BCUT2D eigenvalue weighted by Gasteiger charge is -2.07. The van der Waals surface area contributed by atoms with Gasteiger partial charge in [0.25, 0.3) is 10.0 Å². The summed E-state index contributed by atoms with van der Waals surface area (Å²) in [5, 5.41) is 10.5. The van der Waals surface area contributed by atoms with Gasteiger partial charge in [0.05, 0.1) is 0 Å². The molecular weight excluding hydrogens is 298 g/mol. The third-order valence-corrected chi connectivity index (χ3v) is 3.86. The fraction of sp³-hybridized carbons (Fsp3) is 0. The molecule has 0 saturated carbocycles. The van der Waals surface area contributed by atoms with Crippen molar-refractivity contribution in [1.82, 2.24) is 4.98 Å². The summed E-state index contributed by atoms with van der Waals surface area (Å²) >= 11 is 0. The van der Waals surface area contributed by atoms with Crippen LogP contribution in [0.4, 0.5) is 11.5 Å². The average molecular weight is 307 g/mol. The molecule has 0 aliphatic heterocycles.